The maximum Gasteiger partial charge on any atom is 0.227 e. The van der Waals surface area contributed by atoms with Crippen molar-refractivity contribution >= 4 is 0 Å². The van der Waals surface area contributed by atoms with Gasteiger partial charge in [-0.05, 0) is 45.3 Å². The van der Waals surface area contributed by atoms with Gasteiger partial charge in [0.15, 0.2) is 5.82 Å². The first-order valence-corrected chi connectivity index (χ1v) is 7.05. The third-order valence-electron chi connectivity index (χ3n) is 4.06. The second-order valence-corrected chi connectivity index (χ2v) is 5.67. The van der Waals surface area contributed by atoms with Crippen LogP contribution in [-0.4, -0.2) is 41.7 Å². The highest BCUT2D eigenvalue weighted by molar-refractivity contribution is 4.97. The molecule has 0 saturated carbocycles. The molecular formula is C13H22N4O. The molecule has 2 fully saturated rings. The van der Waals surface area contributed by atoms with Crippen molar-refractivity contribution in [3.05, 3.63) is 11.7 Å². The summed E-state index contributed by atoms with van der Waals surface area (Å²) < 4.78 is 5.40. The van der Waals surface area contributed by atoms with Gasteiger partial charge in [-0.3, -0.25) is 0 Å². The van der Waals surface area contributed by atoms with E-state index in [2.05, 4.69) is 27.4 Å². The highest BCUT2D eigenvalue weighted by Crippen LogP contribution is 2.22. The molecule has 3 heterocycles. The molecular weight excluding hydrogens is 228 g/mol. The Bertz CT molecular complexity index is 386. The number of rotatable bonds is 3. The van der Waals surface area contributed by atoms with Gasteiger partial charge in [0.05, 0.1) is 6.04 Å². The van der Waals surface area contributed by atoms with Gasteiger partial charge in [0, 0.05) is 13.0 Å². The molecule has 2 aliphatic rings. The number of nitrogens with zero attached hydrogens (tertiary/aromatic N) is 3. The third-order valence-corrected chi connectivity index (χ3v) is 4.06. The number of hydrogen-bond acceptors (Lipinski definition) is 5. The van der Waals surface area contributed by atoms with E-state index in [0.717, 1.165) is 37.6 Å². The van der Waals surface area contributed by atoms with E-state index in [4.69, 9.17) is 4.52 Å². The fourth-order valence-electron chi connectivity index (χ4n) is 3.00. The predicted octanol–water partition coefficient (Wildman–Crippen LogP) is 1.38. The van der Waals surface area contributed by atoms with Crippen LogP contribution in [0.5, 0.6) is 0 Å². The maximum atomic E-state index is 5.40. The van der Waals surface area contributed by atoms with E-state index in [0.29, 0.717) is 12.0 Å². The standard InChI is InChI=1S/C13H22N4O/c1-17-7-5-10(9-17)8-12-15-13(16-18-12)11-4-2-3-6-14-11/h10-11,14H,2-9H2,1H3. The van der Waals surface area contributed by atoms with Crippen molar-refractivity contribution in [3.8, 4) is 0 Å². The highest BCUT2D eigenvalue weighted by atomic mass is 16.5. The van der Waals surface area contributed by atoms with E-state index in [-0.39, 0.29) is 0 Å². The molecule has 1 N–H and O–H groups in total. The summed E-state index contributed by atoms with van der Waals surface area (Å²) in [6, 6.07) is 0.308. The Morgan fingerprint density at radius 2 is 2.33 bits per heavy atom. The third kappa shape index (κ3) is 2.72. The molecule has 100 valence electrons. The number of piperidine rings is 1. The van der Waals surface area contributed by atoms with E-state index in [9.17, 15) is 0 Å². The van der Waals surface area contributed by atoms with Crippen LogP contribution < -0.4 is 5.32 Å². The number of likely N-dealkylation sites (tertiary alicyclic amines) is 1. The van der Waals surface area contributed by atoms with Crippen LogP contribution in [0.25, 0.3) is 0 Å². The SMILES string of the molecule is CN1CCC(Cc2nc(C3CCCCN3)no2)C1. The van der Waals surface area contributed by atoms with Crippen LogP contribution in [0.4, 0.5) is 0 Å². The van der Waals surface area contributed by atoms with E-state index in [1.54, 1.807) is 0 Å². The summed E-state index contributed by atoms with van der Waals surface area (Å²) in [5, 5.41) is 7.59. The normalized spacial score (nSPS) is 29.8. The molecule has 0 amide bonds. The molecule has 18 heavy (non-hydrogen) atoms. The van der Waals surface area contributed by atoms with E-state index >= 15 is 0 Å². The smallest absolute Gasteiger partial charge is 0.227 e. The van der Waals surface area contributed by atoms with Gasteiger partial charge in [0.1, 0.15) is 0 Å². The lowest BCUT2D eigenvalue weighted by molar-refractivity contribution is 0.331. The van der Waals surface area contributed by atoms with E-state index < -0.39 is 0 Å². The molecule has 0 radical (unpaired) electrons. The second-order valence-electron chi connectivity index (χ2n) is 5.67. The topological polar surface area (TPSA) is 54.2 Å². The molecule has 2 saturated heterocycles. The summed E-state index contributed by atoms with van der Waals surface area (Å²) in [7, 11) is 2.17. The number of hydrogen-bond donors (Lipinski definition) is 1. The van der Waals surface area contributed by atoms with Gasteiger partial charge in [-0.25, -0.2) is 0 Å². The molecule has 0 bridgehead atoms. The zero-order valence-corrected chi connectivity index (χ0v) is 11.1. The summed E-state index contributed by atoms with van der Waals surface area (Å²) in [5.41, 5.74) is 0. The average Bonchev–Trinajstić information content (AvgIpc) is 3.01. The van der Waals surface area contributed by atoms with Crippen molar-refractivity contribution in [2.24, 2.45) is 5.92 Å². The minimum atomic E-state index is 0.308. The summed E-state index contributed by atoms with van der Waals surface area (Å²) in [5.74, 6) is 2.36. The summed E-state index contributed by atoms with van der Waals surface area (Å²) in [6.07, 6.45) is 5.83. The molecule has 0 spiro atoms. The molecule has 3 rings (SSSR count). The van der Waals surface area contributed by atoms with E-state index in [1.807, 2.05) is 0 Å². The van der Waals surface area contributed by atoms with Crippen LogP contribution in [0.3, 0.4) is 0 Å². The molecule has 2 aliphatic heterocycles. The van der Waals surface area contributed by atoms with Gasteiger partial charge < -0.3 is 14.7 Å². The summed E-state index contributed by atoms with van der Waals surface area (Å²) in [4.78, 5) is 6.93. The van der Waals surface area contributed by atoms with Crippen LogP contribution >= 0.6 is 0 Å². The van der Waals surface area contributed by atoms with Crippen molar-refractivity contribution in [1.29, 1.82) is 0 Å². The van der Waals surface area contributed by atoms with Crippen molar-refractivity contribution in [3.63, 3.8) is 0 Å². The quantitative estimate of drug-likeness (QED) is 0.878. The second kappa shape index (κ2) is 5.36. The van der Waals surface area contributed by atoms with Crippen molar-refractivity contribution in [2.75, 3.05) is 26.7 Å². The van der Waals surface area contributed by atoms with Crippen LogP contribution in [0.1, 0.15) is 43.4 Å². The lowest BCUT2D eigenvalue weighted by Crippen LogP contribution is -2.27. The Balaban J connectivity index is 1.59. The molecule has 2 atom stereocenters. The monoisotopic (exact) mass is 250 g/mol. The number of aromatic nitrogens is 2. The van der Waals surface area contributed by atoms with Crippen LogP contribution in [-0.2, 0) is 6.42 Å². The predicted molar refractivity (Wildman–Crippen MR) is 68.2 cm³/mol. The molecule has 5 nitrogen and oxygen atoms in total. The van der Waals surface area contributed by atoms with Crippen LogP contribution in [0.15, 0.2) is 4.52 Å². The first kappa shape index (κ1) is 12.1. The Morgan fingerprint density at radius 1 is 1.39 bits per heavy atom. The zero-order chi connectivity index (χ0) is 12.4. The molecule has 5 heteroatoms. The fraction of sp³-hybridized carbons (Fsp3) is 0.846. The fourth-order valence-corrected chi connectivity index (χ4v) is 3.00. The first-order valence-electron chi connectivity index (χ1n) is 7.05. The largest absolute Gasteiger partial charge is 0.339 e. The minimum absolute atomic E-state index is 0.308. The van der Waals surface area contributed by atoms with Gasteiger partial charge in [-0.15, -0.1) is 0 Å². The Labute approximate surface area is 108 Å². The van der Waals surface area contributed by atoms with Gasteiger partial charge in [-0.2, -0.15) is 4.98 Å². The molecule has 1 aromatic heterocycles. The molecule has 0 aromatic carbocycles. The van der Waals surface area contributed by atoms with Crippen LogP contribution in [0, 0.1) is 5.92 Å². The average molecular weight is 250 g/mol. The first-order chi connectivity index (χ1) is 8.81. The lowest BCUT2D eigenvalue weighted by Gasteiger charge is -2.19. The van der Waals surface area contributed by atoms with Crippen molar-refractivity contribution in [1.82, 2.24) is 20.4 Å². The van der Waals surface area contributed by atoms with Crippen molar-refractivity contribution < 1.29 is 4.52 Å². The Morgan fingerprint density at radius 3 is 3.06 bits per heavy atom. The summed E-state index contributed by atoms with van der Waals surface area (Å²) >= 11 is 0. The van der Waals surface area contributed by atoms with Crippen molar-refractivity contribution in [2.45, 2.75) is 38.1 Å². The molecule has 0 aliphatic carbocycles. The number of nitrogens with one attached hydrogen (secondary N) is 1. The Hall–Kier alpha value is -0.940. The van der Waals surface area contributed by atoms with Gasteiger partial charge in [-0.1, -0.05) is 11.6 Å². The van der Waals surface area contributed by atoms with Gasteiger partial charge >= 0.3 is 0 Å². The van der Waals surface area contributed by atoms with E-state index in [1.165, 1.54) is 25.8 Å². The summed E-state index contributed by atoms with van der Waals surface area (Å²) in [6.45, 7) is 3.41. The van der Waals surface area contributed by atoms with Gasteiger partial charge in [0.25, 0.3) is 0 Å². The maximum absolute atomic E-state index is 5.40. The lowest BCUT2D eigenvalue weighted by atomic mass is 10.0. The minimum Gasteiger partial charge on any atom is -0.339 e. The zero-order valence-electron chi connectivity index (χ0n) is 11.1. The van der Waals surface area contributed by atoms with Gasteiger partial charge in [0.2, 0.25) is 5.89 Å². The highest BCUT2D eigenvalue weighted by Gasteiger charge is 2.24. The molecule has 1 aromatic rings. The molecule has 2 unspecified atom stereocenters. The Kier molecular flexibility index (Phi) is 3.61. The van der Waals surface area contributed by atoms with Crippen LogP contribution in [0.2, 0.25) is 0 Å².